The molecule has 1 aromatic carbocycles. The fourth-order valence-electron chi connectivity index (χ4n) is 2.56. The van der Waals surface area contributed by atoms with Crippen LogP contribution in [0.5, 0.6) is 0 Å². The Bertz CT molecular complexity index is 810. The Morgan fingerprint density at radius 2 is 2.08 bits per heavy atom. The van der Waals surface area contributed by atoms with Crippen molar-refractivity contribution >= 4 is 46.4 Å². The molecule has 1 atom stereocenters. The van der Waals surface area contributed by atoms with Crippen LogP contribution in [0.3, 0.4) is 0 Å². The van der Waals surface area contributed by atoms with Gasteiger partial charge in [-0.05, 0) is 37.2 Å². The highest BCUT2D eigenvalue weighted by Gasteiger charge is 2.29. The summed E-state index contributed by atoms with van der Waals surface area (Å²) >= 11 is 1.26. The first-order valence-electron chi connectivity index (χ1n) is 7.98. The minimum Gasteiger partial charge on any atom is -0.326 e. The minimum absolute atomic E-state index is 0. The molecule has 0 bridgehead atoms. The summed E-state index contributed by atoms with van der Waals surface area (Å²) < 4.78 is 14.3. The van der Waals surface area contributed by atoms with E-state index < -0.39 is 5.82 Å². The van der Waals surface area contributed by atoms with Gasteiger partial charge in [0, 0.05) is 29.5 Å². The molecule has 6 nitrogen and oxygen atoms in total. The van der Waals surface area contributed by atoms with Crippen molar-refractivity contribution in [3.8, 4) is 11.3 Å². The van der Waals surface area contributed by atoms with Gasteiger partial charge >= 0.3 is 0 Å². The van der Waals surface area contributed by atoms with E-state index in [1.54, 1.807) is 17.5 Å². The topological polar surface area (TPSA) is 83.1 Å². The lowest BCUT2D eigenvalue weighted by Crippen LogP contribution is -2.48. The van der Waals surface area contributed by atoms with Crippen molar-refractivity contribution in [3.05, 3.63) is 29.4 Å². The Kier molecular flexibility index (Phi) is 6.69. The van der Waals surface area contributed by atoms with E-state index in [1.165, 1.54) is 24.3 Å². The van der Waals surface area contributed by atoms with Crippen molar-refractivity contribution < 1.29 is 14.0 Å². The Morgan fingerprint density at radius 3 is 2.65 bits per heavy atom. The molecule has 2 heterocycles. The summed E-state index contributed by atoms with van der Waals surface area (Å²) in [5.41, 5.74) is 1.16. The van der Waals surface area contributed by atoms with E-state index in [1.807, 2.05) is 6.92 Å². The van der Waals surface area contributed by atoms with Gasteiger partial charge in [-0.3, -0.25) is 9.59 Å². The van der Waals surface area contributed by atoms with Crippen LogP contribution in [0.25, 0.3) is 11.3 Å². The highest BCUT2D eigenvalue weighted by atomic mass is 35.5. The molecule has 1 saturated heterocycles. The van der Waals surface area contributed by atoms with Gasteiger partial charge in [0.25, 0.3) is 0 Å². The van der Waals surface area contributed by atoms with Gasteiger partial charge in [0.15, 0.2) is 5.13 Å². The number of hydrogen-bond acceptors (Lipinski definition) is 5. The normalized spacial score (nSPS) is 14.7. The summed E-state index contributed by atoms with van der Waals surface area (Å²) in [5.74, 6) is -0.570. The molecule has 3 rings (SSSR count). The van der Waals surface area contributed by atoms with Gasteiger partial charge in [0.2, 0.25) is 11.8 Å². The Hall–Kier alpha value is -2.03. The standard InChI is InChI=1S/C17H19FN4O2S.ClH/c1-9(11-6-19-7-11)16(24)22-17-21-15(8-25-17)13-4-3-12(5-14(13)18)20-10(2)23;/h3-5,8-9,11,19H,6-7H2,1-2H3,(H,20,23)(H,21,22,24);1H. The number of carbonyl (C=O) groups is 2. The lowest BCUT2D eigenvalue weighted by atomic mass is 9.88. The Labute approximate surface area is 161 Å². The lowest BCUT2D eigenvalue weighted by Gasteiger charge is -2.31. The van der Waals surface area contributed by atoms with E-state index >= 15 is 0 Å². The van der Waals surface area contributed by atoms with E-state index in [9.17, 15) is 14.0 Å². The van der Waals surface area contributed by atoms with Crippen molar-refractivity contribution in [2.75, 3.05) is 23.7 Å². The van der Waals surface area contributed by atoms with Crippen molar-refractivity contribution in [3.63, 3.8) is 0 Å². The molecule has 1 aromatic heterocycles. The predicted molar refractivity (Wildman–Crippen MR) is 103 cm³/mol. The number of halogens is 2. The SMILES string of the molecule is CC(=O)Nc1ccc(-c2csc(NC(=O)C(C)C3CNC3)n2)c(F)c1.Cl. The first-order valence-corrected chi connectivity index (χ1v) is 8.86. The monoisotopic (exact) mass is 398 g/mol. The molecule has 1 aliphatic heterocycles. The Balaban J connectivity index is 0.00000243. The quantitative estimate of drug-likeness (QED) is 0.722. The zero-order chi connectivity index (χ0) is 18.0. The molecule has 0 aliphatic carbocycles. The van der Waals surface area contributed by atoms with Crippen LogP contribution in [0.1, 0.15) is 13.8 Å². The number of carbonyl (C=O) groups excluding carboxylic acids is 2. The Morgan fingerprint density at radius 1 is 1.35 bits per heavy atom. The van der Waals surface area contributed by atoms with Gasteiger partial charge in [0.1, 0.15) is 5.82 Å². The molecule has 0 radical (unpaired) electrons. The molecule has 1 fully saturated rings. The maximum absolute atomic E-state index is 14.3. The van der Waals surface area contributed by atoms with Gasteiger partial charge in [-0.1, -0.05) is 6.92 Å². The third-order valence-electron chi connectivity index (χ3n) is 4.23. The second kappa shape index (κ2) is 8.57. The summed E-state index contributed by atoms with van der Waals surface area (Å²) in [5, 5.41) is 10.6. The second-order valence-electron chi connectivity index (χ2n) is 6.11. The third kappa shape index (κ3) is 4.57. The van der Waals surface area contributed by atoms with E-state index in [-0.39, 0.29) is 30.1 Å². The van der Waals surface area contributed by atoms with E-state index in [4.69, 9.17) is 0 Å². The molecular weight excluding hydrogens is 379 g/mol. The fourth-order valence-corrected chi connectivity index (χ4v) is 3.27. The summed E-state index contributed by atoms with van der Waals surface area (Å²) in [4.78, 5) is 27.5. The van der Waals surface area contributed by atoms with Gasteiger partial charge in [-0.15, -0.1) is 23.7 Å². The van der Waals surface area contributed by atoms with Crippen LogP contribution in [0.15, 0.2) is 23.6 Å². The average Bonchev–Trinajstić information content (AvgIpc) is 2.93. The van der Waals surface area contributed by atoms with Crippen LogP contribution < -0.4 is 16.0 Å². The van der Waals surface area contributed by atoms with Crippen LogP contribution in [0.4, 0.5) is 15.2 Å². The molecule has 3 N–H and O–H groups in total. The average molecular weight is 399 g/mol. The highest BCUT2D eigenvalue weighted by molar-refractivity contribution is 7.14. The van der Waals surface area contributed by atoms with E-state index in [2.05, 4.69) is 20.9 Å². The smallest absolute Gasteiger partial charge is 0.229 e. The van der Waals surface area contributed by atoms with E-state index in [0.717, 1.165) is 13.1 Å². The van der Waals surface area contributed by atoms with Crippen molar-refractivity contribution in [2.24, 2.45) is 11.8 Å². The lowest BCUT2D eigenvalue weighted by molar-refractivity contribution is -0.121. The molecule has 1 aliphatic rings. The zero-order valence-corrected chi connectivity index (χ0v) is 16.0. The van der Waals surface area contributed by atoms with Crippen LogP contribution in [0, 0.1) is 17.7 Å². The van der Waals surface area contributed by atoms with Gasteiger partial charge in [0.05, 0.1) is 5.69 Å². The third-order valence-corrected chi connectivity index (χ3v) is 4.99. The number of amides is 2. The number of hydrogen-bond donors (Lipinski definition) is 3. The van der Waals surface area contributed by atoms with Gasteiger partial charge in [-0.25, -0.2) is 9.37 Å². The maximum atomic E-state index is 14.3. The summed E-state index contributed by atoms with van der Waals surface area (Å²) in [6.07, 6.45) is 0. The second-order valence-corrected chi connectivity index (χ2v) is 6.97. The molecule has 140 valence electrons. The predicted octanol–water partition coefficient (Wildman–Crippen LogP) is 3.12. The van der Waals surface area contributed by atoms with Crippen molar-refractivity contribution in [1.82, 2.24) is 10.3 Å². The molecule has 0 saturated carbocycles. The van der Waals surface area contributed by atoms with Gasteiger partial charge < -0.3 is 16.0 Å². The maximum Gasteiger partial charge on any atom is 0.229 e. The zero-order valence-electron chi connectivity index (χ0n) is 14.3. The van der Waals surface area contributed by atoms with E-state index in [0.29, 0.717) is 28.0 Å². The van der Waals surface area contributed by atoms with Crippen molar-refractivity contribution in [1.29, 1.82) is 0 Å². The summed E-state index contributed by atoms with van der Waals surface area (Å²) in [7, 11) is 0. The van der Waals surface area contributed by atoms with Crippen LogP contribution in [0.2, 0.25) is 0 Å². The first-order chi connectivity index (χ1) is 11.9. The van der Waals surface area contributed by atoms with Gasteiger partial charge in [-0.2, -0.15) is 0 Å². The van der Waals surface area contributed by atoms with Crippen LogP contribution >= 0.6 is 23.7 Å². The molecule has 1 unspecified atom stereocenters. The summed E-state index contributed by atoms with van der Waals surface area (Å²) in [6.45, 7) is 4.96. The molecular formula is C17H20ClFN4O2S. The fraction of sp³-hybridized carbons (Fsp3) is 0.353. The highest BCUT2D eigenvalue weighted by Crippen LogP contribution is 2.29. The minimum atomic E-state index is -0.483. The number of rotatable bonds is 5. The van der Waals surface area contributed by atoms with Crippen LogP contribution in [-0.2, 0) is 9.59 Å². The first kappa shape index (κ1) is 20.3. The number of nitrogens with zero attached hydrogens (tertiary/aromatic N) is 1. The molecule has 26 heavy (non-hydrogen) atoms. The largest absolute Gasteiger partial charge is 0.326 e. The number of thiazole rings is 1. The number of anilines is 2. The number of aromatic nitrogens is 1. The van der Waals surface area contributed by atoms with Crippen LogP contribution in [-0.4, -0.2) is 29.9 Å². The van der Waals surface area contributed by atoms with Crippen molar-refractivity contribution in [2.45, 2.75) is 13.8 Å². The molecule has 9 heteroatoms. The molecule has 2 aromatic rings. The summed E-state index contributed by atoms with van der Waals surface area (Å²) in [6, 6.07) is 4.42. The number of nitrogens with one attached hydrogen (secondary N) is 3. The molecule has 2 amide bonds. The number of benzene rings is 1. The molecule has 0 spiro atoms.